The van der Waals surface area contributed by atoms with Crippen LogP contribution in [0.15, 0.2) is 50.5 Å². The average molecular weight is 431 g/mol. The molecule has 1 heterocycles. The third-order valence-electron chi connectivity index (χ3n) is 4.46. The van der Waals surface area contributed by atoms with Gasteiger partial charge in [-0.2, -0.15) is 0 Å². The average Bonchev–Trinajstić information content (AvgIpc) is 2.64. The summed E-state index contributed by atoms with van der Waals surface area (Å²) in [4.78, 5) is 38.8. The lowest BCUT2D eigenvalue weighted by Gasteiger charge is -2.21. The predicted molar refractivity (Wildman–Crippen MR) is 111 cm³/mol. The predicted octanol–water partition coefficient (Wildman–Crippen LogP) is 2.32. The first-order valence-corrected chi connectivity index (χ1v) is 8.98. The van der Waals surface area contributed by atoms with Crippen molar-refractivity contribution in [1.29, 1.82) is 0 Å². The molecule has 8 heteroatoms. The summed E-state index contributed by atoms with van der Waals surface area (Å²) < 4.78 is 3.30. The first-order chi connectivity index (χ1) is 12.7. The maximum atomic E-state index is 12.7. The van der Waals surface area contributed by atoms with Gasteiger partial charge in [0.25, 0.3) is 5.91 Å². The highest BCUT2D eigenvalue weighted by Crippen LogP contribution is 2.30. The van der Waals surface area contributed by atoms with Gasteiger partial charge < -0.3 is 19.4 Å². The van der Waals surface area contributed by atoms with Gasteiger partial charge in [0.15, 0.2) is 0 Å². The molecule has 0 unspecified atom stereocenters. The molecule has 0 aliphatic rings. The van der Waals surface area contributed by atoms with Crippen molar-refractivity contribution in [2.24, 2.45) is 14.1 Å². The Kier molecular flexibility index (Phi) is 4.93. The molecule has 0 spiro atoms. The first kappa shape index (κ1) is 18.9. The number of benzene rings is 2. The number of halogens is 1. The zero-order chi connectivity index (χ0) is 19.9. The van der Waals surface area contributed by atoms with Crippen molar-refractivity contribution in [1.82, 2.24) is 9.13 Å². The van der Waals surface area contributed by atoms with Crippen LogP contribution < -0.4 is 21.3 Å². The van der Waals surface area contributed by atoms with Gasteiger partial charge in [-0.3, -0.25) is 14.4 Å². The summed E-state index contributed by atoms with van der Waals surface area (Å²) in [5, 5.41) is 2.91. The monoisotopic (exact) mass is 430 g/mol. The van der Waals surface area contributed by atoms with Crippen LogP contribution >= 0.6 is 15.9 Å². The van der Waals surface area contributed by atoms with E-state index in [2.05, 4.69) is 21.2 Å². The summed E-state index contributed by atoms with van der Waals surface area (Å²) in [5.41, 5.74) is 1.69. The lowest BCUT2D eigenvalue weighted by Crippen LogP contribution is -2.39. The molecule has 0 aliphatic heterocycles. The maximum Gasteiger partial charge on any atom is 0.316 e. The van der Waals surface area contributed by atoms with Crippen LogP contribution in [0.3, 0.4) is 0 Å². The number of anilines is 2. The highest BCUT2D eigenvalue weighted by atomic mass is 79.9. The Hall–Kier alpha value is -2.87. The molecule has 0 bridgehead atoms. The number of aromatic nitrogens is 2. The van der Waals surface area contributed by atoms with Gasteiger partial charge in [0.1, 0.15) is 0 Å². The van der Waals surface area contributed by atoms with E-state index in [-0.39, 0.29) is 5.91 Å². The minimum absolute atomic E-state index is 0.278. The molecule has 0 radical (unpaired) electrons. The summed E-state index contributed by atoms with van der Waals surface area (Å²) in [5.74, 6) is -0.278. The highest BCUT2D eigenvalue weighted by Gasteiger charge is 2.17. The Bertz CT molecular complexity index is 1180. The summed E-state index contributed by atoms with van der Waals surface area (Å²) in [6, 6.07) is 10.6. The zero-order valence-corrected chi connectivity index (χ0v) is 17.0. The number of hydrogen-bond donors (Lipinski definition) is 1. The largest absolute Gasteiger partial charge is 0.376 e. The van der Waals surface area contributed by atoms with Crippen molar-refractivity contribution >= 4 is 44.2 Å². The first-order valence-electron chi connectivity index (χ1n) is 8.19. The lowest BCUT2D eigenvalue weighted by atomic mass is 10.1. The Morgan fingerprint density at radius 3 is 2.11 bits per heavy atom. The summed E-state index contributed by atoms with van der Waals surface area (Å²) >= 11 is 3.38. The van der Waals surface area contributed by atoms with Gasteiger partial charge in [-0.1, -0.05) is 12.1 Å². The number of fused-ring (bicyclic) bond motifs is 1. The lowest BCUT2D eigenvalue weighted by molar-refractivity contribution is 0.102. The Morgan fingerprint density at radius 1 is 1.00 bits per heavy atom. The van der Waals surface area contributed by atoms with Gasteiger partial charge in [0.05, 0.1) is 28.0 Å². The molecule has 7 nitrogen and oxygen atoms in total. The van der Waals surface area contributed by atoms with Crippen LogP contribution in [0.1, 0.15) is 10.4 Å². The van der Waals surface area contributed by atoms with Crippen LogP contribution in [0, 0.1) is 0 Å². The van der Waals surface area contributed by atoms with E-state index in [9.17, 15) is 14.4 Å². The molecule has 2 aromatic carbocycles. The smallest absolute Gasteiger partial charge is 0.316 e. The third kappa shape index (κ3) is 3.28. The number of nitrogens with one attached hydrogen (secondary N) is 1. The van der Waals surface area contributed by atoms with Crippen molar-refractivity contribution in [2.75, 3.05) is 24.3 Å². The molecule has 140 valence electrons. The fourth-order valence-corrected chi connectivity index (χ4v) is 3.38. The Balaban J connectivity index is 2.22. The minimum atomic E-state index is -0.620. The number of amides is 1. The zero-order valence-electron chi connectivity index (χ0n) is 15.4. The van der Waals surface area contributed by atoms with E-state index in [1.165, 1.54) is 9.13 Å². The van der Waals surface area contributed by atoms with E-state index in [0.29, 0.717) is 26.8 Å². The molecule has 1 amide bonds. The standard InChI is InChI=1S/C19H19BrN4O3/c1-22(2)14-10-16-15(23(3)18(26)19(27)24(16)4)9-13(14)21-17(25)11-7-5-6-8-12(11)20/h5-10H,1-4H3,(H,21,25). The van der Waals surface area contributed by atoms with Crippen LogP contribution in [0.5, 0.6) is 0 Å². The third-order valence-corrected chi connectivity index (χ3v) is 5.15. The van der Waals surface area contributed by atoms with Gasteiger partial charge in [0, 0.05) is 32.7 Å². The Morgan fingerprint density at radius 2 is 1.56 bits per heavy atom. The van der Waals surface area contributed by atoms with Crippen molar-refractivity contribution in [3.8, 4) is 0 Å². The second-order valence-electron chi connectivity index (χ2n) is 6.41. The van der Waals surface area contributed by atoms with Gasteiger partial charge in [-0.25, -0.2) is 0 Å². The van der Waals surface area contributed by atoms with E-state index in [0.717, 1.165) is 5.69 Å². The molecule has 1 N–H and O–H groups in total. The van der Waals surface area contributed by atoms with E-state index < -0.39 is 11.1 Å². The summed E-state index contributed by atoms with van der Waals surface area (Å²) in [6.45, 7) is 0. The molecule has 3 rings (SSSR count). The molecular weight excluding hydrogens is 412 g/mol. The van der Waals surface area contributed by atoms with E-state index >= 15 is 0 Å². The van der Waals surface area contributed by atoms with Crippen molar-refractivity contribution in [3.63, 3.8) is 0 Å². The molecule has 0 atom stereocenters. The van der Waals surface area contributed by atoms with Crippen LogP contribution in [-0.4, -0.2) is 29.1 Å². The summed E-state index contributed by atoms with van der Waals surface area (Å²) in [6.07, 6.45) is 0. The van der Waals surface area contributed by atoms with Crippen molar-refractivity contribution < 1.29 is 4.79 Å². The van der Waals surface area contributed by atoms with Gasteiger partial charge in [-0.05, 0) is 40.2 Å². The molecule has 1 aromatic heterocycles. The molecule has 0 saturated heterocycles. The number of carbonyl (C=O) groups is 1. The molecule has 3 aromatic rings. The van der Waals surface area contributed by atoms with Crippen molar-refractivity contribution in [3.05, 3.63) is 67.1 Å². The Labute approximate surface area is 164 Å². The second-order valence-corrected chi connectivity index (χ2v) is 7.27. The highest BCUT2D eigenvalue weighted by molar-refractivity contribution is 9.10. The normalized spacial score (nSPS) is 10.9. The summed E-state index contributed by atoms with van der Waals surface area (Å²) in [7, 11) is 6.79. The number of nitrogens with zero attached hydrogens (tertiary/aromatic N) is 3. The SMILES string of the molecule is CN(C)c1cc2c(cc1NC(=O)c1ccccc1Br)n(C)c(=O)c(=O)n2C. The molecule has 27 heavy (non-hydrogen) atoms. The van der Waals surface area contributed by atoms with E-state index in [1.807, 2.05) is 25.1 Å². The maximum absolute atomic E-state index is 12.7. The molecule has 0 aliphatic carbocycles. The molecule has 0 saturated carbocycles. The number of rotatable bonds is 3. The van der Waals surface area contributed by atoms with Crippen LogP contribution in [-0.2, 0) is 14.1 Å². The minimum Gasteiger partial charge on any atom is -0.376 e. The fourth-order valence-electron chi connectivity index (χ4n) is 2.91. The van der Waals surface area contributed by atoms with Crippen LogP contribution in [0.4, 0.5) is 11.4 Å². The van der Waals surface area contributed by atoms with Crippen molar-refractivity contribution in [2.45, 2.75) is 0 Å². The van der Waals surface area contributed by atoms with E-state index in [1.54, 1.807) is 44.4 Å². The van der Waals surface area contributed by atoms with Gasteiger partial charge in [-0.15, -0.1) is 0 Å². The topological polar surface area (TPSA) is 76.3 Å². The number of carbonyl (C=O) groups excluding carboxylic acids is 1. The molecular formula is C19H19BrN4O3. The quantitative estimate of drug-likeness (QED) is 0.646. The van der Waals surface area contributed by atoms with Gasteiger partial charge in [0.2, 0.25) is 0 Å². The van der Waals surface area contributed by atoms with Gasteiger partial charge >= 0.3 is 11.1 Å². The van der Waals surface area contributed by atoms with Crippen LogP contribution in [0.25, 0.3) is 11.0 Å². The second kappa shape index (κ2) is 7.03. The van der Waals surface area contributed by atoms with Crippen LogP contribution in [0.2, 0.25) is 0 Å². The molecule has 0 fully saturated rings. The number of hydrogen-bond acceptors (Lipinski definition) is 4. The van der Waals surface area contributed by atoms with E-state index in [4.69, 9.17) is 0 Å². The fraction of sp³-hybridized carbons (Fsp3) is 0.211. The number of aryl methyl sites for hydroxylation is 2.